The molecule has 0 aliphatic carbocycles. The van der Waals surface area contributed by atoms with Crippen molar-refractivity contribution in [2.45, 2.75) is 6.04 Å². The van der Waals surface area contributed by atoms with Crippen LogP contribution in [0.5, 0.6) is 0 Å². The van der Waals surface area contributed by atoms with E-state index in [9.17, 15) is 0 Å². The van der Waals surface area contributed by atoms with E-state index < -0.39 is 0 Å². The van der Waals surface area contributed by atoms with Gasteiger partial charge in [-0.05, 0) is 17.3 Å². The zero-order valence-electron chi connectivity index (χ0n) is 7.41. The van der Waals surface area contributed by atoms with Crippen molar-refractivity contribution < 1.29 is 0 Å². The Kier molecular flexibility index (Phi) is 2.83. The molecule has 1 atom stereocenters. The van der Waals surface area contributed by atoms with Crippen molar-refractivity contribution in [2.24, 2.45) is 0 Å². The van der Waals surface area contributed by atoms with Gasteiger partial charge in [0, 0.05) is 25.7 Å². The van der Waals surface area contributed by atoms with Crippen LogP contribution in [0.15, 0.2) is 30.3 Å². The molecule has 1 heterocycles. The van der Waals surface area contributed by atoms with Crippen LogP contribution in [0.4, 0.5) is 0 Å². The fourth-order valence-corrected chi connectivity index (χ4v) is 1.85. The van der Waals surface area contributed by atoms with Gasteiger partial charge >= 0.3 is 0 Å². The van der Waals surface area contributed by atoms with Gasteiger partial charge in [0.15, 0.2) is 0 Å². The van der Waals surface area contributed by atoms with Gasteiger partial charge in [-0.3, -0.25) is 0 Å². The summed E-state index contributed by atoms with van der Waals surface area (Å²) >= 11 is 5.95. The van der Waals surface area contributed by atoms with Gasteiger partial charge in [-0.25, -0.2) is 4.42 Å². The highest BCUT2D eigenvalue weighted by molar-refractivity contribution is 6.13. The highest BCUT2D eigenvalue weighted by Gasteiger charge is 2.18. The van der Waals surface area contributed by atoms with Gasteiger partial charge in [-0.15, -0.1) is 0 Å². The van der Waals surface area contributed by atoms with E-state index in [1.54, 1.807) is 0 Å². The highest BCUT2D eigenvalue weighted by Crippen LogP contribution is 2.17. The van der Waals surface area contributed by atoms with Gasteiger partial charge in [0.25, 0.3) is 0 Å². The third kappa shape index (κ3) is 2.21. The molecule has 2 nitrogen and oxygen atoms in total. The first-order chi connectivity index (χ1) is 6.36. The standard InChI is InChI=1S/C10H13ClN2/c11-13-7-6-12-10(8-13)9-4-2-1-3-5-9/h1-5,10,12H,6-8H2. The molecule has 1 fully saturated rings. The Morgan fingerprint density at radius 3 is 2.77 bits per heavy atom. The lowest BCUT2D eigenvalue weighted by Crippen LogP contribution is -2.41. The fourth-order valence-electron chi connectivity index (χ4n) is 1.62. The minimum atomic E-state index is 0.382. The predicted octanol–water partition coefficient (Wildman–Crippen LogP) is 1.79. The monoisotopic (exact) mass is 196 g/mol. The van der Waals surface area contributed by atoms with Crippen molar-refractivity contribution in [1.82, 2.24) is 9.74 Å². The number of hydrogen-bond acceptors (Lipinski definition) is 2. The zero-order chi connectivity index (χ0) is 9.10. The summed E-state index contributed by atoms with van der Waals surface area (Å²) < 4.78 is 1.84. The Morgan fingerprint density at radius 2 is 2.08 bits per heavy atom. The normalized spacial score (nSPS) is 24.5. The molecule has 0 amide bonds. The molecule has 1 aliphatic rings. The molecular formula is C10H13ClN2. The van der Waals surface area contributed by atoms with E-state index in [0.717, 1.165) is 19.6 Å². The van der Waals surface area contributed by atoms with Crippen molar-refractivity contribution in [1.29, 1.82) is 0 Å². The first kappa shape index (κ1) is 9.00. The molecule has 1 aromatic carbocycles. The summed E-state index contributed by atoms with van der Waals surface area (Å²) in [6.07, 6.45) is 0. The average molecular weight is 197 g/mol. The van der Waals surface area contributed by atoms with Crippen molar-refractivity contribution >= 4 is 11.8 Å². The smallest absolute Gasteiger partial charge is 0.0463 e. The summed E-state index contributed by atoms with van der Waals surface area (Å²) in [5.41, 5.74) is 1.31. The molecule has 70 valence electrons. The number of nitrogens with zero attached hydrogens (tertiary/aromatic N) is 1. The summed E-state index contributed by atoms with van der Waals surface area (Å²) in [6.45, 7) is 2.76. The second-order valence-corrected chi connectivity index (χ2v) is 3.76. The Bertz CT molecular complexity index is 263. The molecule has 0 radical (unpaired) electrons. The molecule has 1 N–H and O–H groups in total. The first-order valence-electron chi connectivity index (χ1n) is 4.55. The van der Waals surface area contributed by atoms with Crippen LogP contribution in [0.25, 0.3) is 0 Å². The first-order valence-corrected chi connectivity index (χ1v) is 4.89. The van der Waals surface area contributed by atoms with Gasteiger partial charge in [0.1, 0.15) is 0 Å². The summed E-state index contributed by atoms with van der Waals surface area (Å²) in [7, 11) is 0. The molecule has 0 aromatic heterocycles. The molecule has 1 unspecified atom stereocenters. The van der Waals surface area contributed by atoms with Gasteiger partial charge in [-0.1, -0.05) is 30.3 Å². The van der Waals surface area contributed by atoms with Gasteiger partial charge < -0.3 is 5.32 Å². The predicted molar refractivity (Wildman–Crippen MR) is 54.6 cm³/mol. The number of halogens is 1. The SMILES string of the molecule is ClN1CCNC(c2ccccc2)C1. The molecule has 0 spiro atoms. The van der Waals surface area contributed by atoms with E-state index >= 15 is 0 Å². The maximum Gasteiger partial charge on any atom is 0.0463 e. The molecule has 0 saturated carbocycles. The zero-order valence-corrected chi connectivity index (χ0v) is 8.17. The van der Waals surface area contributed by atoms with Crippen molar-refractivity contribution in [3.63, 3.8) is 0 Å². The van der Waals surface area contributed by atoms with Crippen LogP contribution >= 0.6 is 11.8 Å². The van der Waals surface area contributed by atoms with Gasteiger partial charge in [0.2, 0.25) is 0 Å². The van der Waals surface area contributed by atoms with E-state index in [0.29, 0.717) is 6.04 Å². The topological polar surface area (TPSA) is 15.3 Å². The summed E-state index contributed by atoms with van der Waals surface area (Å²) in [5, 5.41) is 3.44. The fraction of sp³-hybridized carbons (Fsp3) is 0.400. The number of benzene rings is 1. The van der Waals surface area contributed by atoms with E-state index in [2.05, 4.69) is 29.6 Å². The third-order valence-electron chi connectivity index (χ3n) is 2.33. The molecular weight excluding hydrogens is 184 g/mol. The van der Waals surface area contributed by atoms with Crippen LogP contribution in [-0.2, 0) is 0 Å². The summed E-state index contributed by atoms with van der Waals surface area (Å²) in [4.78, 5) is 0. The van der Waals surface area contributed by atoms with E-state index in [4.69, 9.17) is 11.8 Å². The summed E-state index contributed by atoms with van der Waals surface area (Å²) in [6, 6.07) is 10.8. The lowest BCUT2D eigenvalue weighted by atomic mass is 10.1. The van der Waals surface area contributed by atoms with Crippen LogP contribution in [0.1, 0.15) is 11.6 Å². The van der Waals surface area contributed by atoms with Gasteiger partial charge in [-0.2, -0.15) is 0 Å². The molecule has 1 aromatic rings. The quantitative estimate of drug-likeness (QED) is 0.689. The Morgan fingerprint density at radius 1 is 1.31 bits per heavy atom. The number of piperazine rings is 1. The second kappa shape index (κ2) is 4.09. The van der Waals surface area contributed by atoms with Crippen LogP contribution in [0.2, 0.25) is 0 Å². The molecule has 3 heteroatoms. The lowest BCUT2D eigenvalue weighted by Gasteiger charge is -2.29. The van der Waals surface area contributed by atoms with Crippen LogP contribution in [-0.4, -0.2) is 24.1 Å². The molecule has 1 saturated heterocycles. The lowest BCUT2D eigenvalue weighted by molar-refractivity contribution is 0.315. The minimum Gasteiger partial charge on any atom is -0.307 e. The van der Waals surface area contributed by atoms with Crippen molar-refractivity contribution in [2.75, 3.05) is 19.6 Å². The van der Waals surface area contributed by atoms with Crippen molar-refractivity contribution in [3.05, 3.63) is 35.9 Å². The maximum absolute atomic E-state index is 5.95. The Balaban J connectivity index is 2.08. The molecule has 2 rings (SSSR count). The van der Waals surface area contributed by atoms with E-state index in [1.807, 2.05) is 10.5 Å². The van der Waals surface area contributed by atoms with Crippen LogP contribution < -0.4 is 5.32 Å². The number of rotatable bonds is 1. The van der Waals surface area contributed by atoms with Crippen LogP contribution in [0, 0.1) is 0 Å². The number of hydrogen-bond donors (Lipinski definition) is 1. The molecule has 13 heavy (non-hydrogen) atoms. The molecule has 0 bridgehead atoms. The van der Waals surface area contributed by atoms with E-state index in [-0.39, 0.29) is 0 Å². The highest BCUT2D eigenvalue weighted by atomic mass is 35.5. The maximum atomic E-state index is 5.95. The Hall–Kier alpha value is -0.570. The Labute approximate surface area is 83.6 Å². The summed E-state index contributed by atoms with van der Waals surface area (Å²) in [5.74, 6) is 0. The van der Waals surface area contributed by atoms with Crippen molar-refractivity contribution in [3.8, 4) is 0 Å². The number of nitrogens with one attached hydrogen (secondary N) is 1. The van der Waals surface area contributed by atoms with Crippen LogP contribution in [0.3, 0.4) is 0 Å². The minimum absolute atomic E-state index is 0.382. The third-order valence-corrected chi connectivity index (χ3v) is 2.63. The average Bonchev–Trinajstić information content (AvgIpc) is 2.19. The second-order valence-electron chi connectivity index (χ2n) is 3.29. The van der Waals surface area contributed by atoms with Gasteiger partial charge in [0.05, 0.1) is 0 Å². The van der Waals surface area contributed by atoms with E-state index in [1.165, 1.54) is 5.56 Å². The molecule has 1 aliphatic heterocycles. The largest absolute Gasteiger partial charge is 0.307 e.